The molecule has 1 aliphatic heterocycles. The second-order valence-electron chi connectivity index (χ2n) is 6.94. The summed E-state index contributed by atoms with van der Waals surface area (Å²) in [5.41, 5.74) is 7.88. The van der Waals surface area contributed by atoms with Gasteiger partial charge >= 0.3 is 0 Å². The summed E-state index contributed by atoms with van der Waals surface area (Å²) >= 11 is 13.0. The Hall–Kier alpha value is -2.48. The van der Waals surface area contributed by atoms with Crippen LogP contribution in [0, 0.1) is 0 Å². The predicted molar refractivity (Wildman–Crippen MR) is 117 cm³/mol. The summed E-state index contributed by atoms with van der Waals surface area (Å²) in [7, 11) is 0. The van der Waals surface area contributed by atoms with Gasteiger partial charge in [-0.05, 0) is 55.6 Å². The molecule has 1 saturated heterocycles. The molecule has 29 heavy (non-hydrogen) atoms. The maximum atomic E-state index is 6.50. The van der Waals surface area contributed by atoms with E-state index >= 15 is 0 Å². The fourth-order valence-corrected chi connectivity index (χ4v) is 4.13. The third kappa shape index (κ3) is 4.93. The van der Waals surface area contributed by atoms with Crippen molar-refractivity contribution < 1.29 is 4.74 Å². The Morgan fingerprint density at radius 2 is 1.93 bits per heavy atom. The van der Waals surface area contributed by atoms with Gasteiger partial charge in [0.25, 0.3) is 0 Å². The number of anilines is 3. The molecule has 3 aromatic rings. The van der Waals surface area contributed by atoms with Gasteiger partial charge in [-0.2, -0.15) is 4.98 Å². The molecule has 7 nitrogen and oxygen atoms in total. The lowest BCUT2D eigenvalue weighted by Gasteiger charge is -2.13. The number of H-pyrrole nitrogens is 1. The summed E-state index contributed by atoms with van der Waals surface area (Å²) < 4.78 is 5.86. The number of nitrogens with zero attached hydrogens (tertiary/aromatic N) is 2. The maximum Gasteiger partial charge on any atom is 0.248 e. The summed E-state index contributed by atoms with van der Waals surface area (Å²) in [6, 6.07) is 11.9. The smallest absolute Gasteiger partial charge is 0.248 e. The molecule has 0 amide bonds. The highest BCUT2D eigenvalue weighted by atomic mass is 35.5. The van der Waals surface area contributed by atoms with Crippen molar-refractivity contribution in [3.05, 3.63) is 46.4 Å². The second kappa shape index (κ2) is 8.90. The minimum Gasteiger partial charge on any atom is -0.494 e. The monoisotopic (exact) mass is 432 g/mol. The predicted octanol–water partition coefficient (Wildman–Crippen LogP) is 4.63. The summed E-state index contributed by atoms with van der Waals surface area (Å²) in [6.45, 7) is 1.81. The number of aromatic nitrogens is 3. The molecule has 9 heteroatoms. The number of rotatable bonds is 7. The molecule has 2 aromatic carbocycles. The van der Waals surface area contributed by atoms with Crippen molar-refractivity contribution in [2.24, 2.45) is 0 Å². The van der Waals surface area contributed by atoms with Crippen LogP contribution in [0.4, 0.5) is 17.6 Å². The largest absolute Gasteiger partial charge is 0.494 e. The van der Waals surface area contributed by atoms with Gasteiger partial charge in [0.1, 0.15) is 5.75 Å². The first-order chi connectivity index (χ1) is 14.1. The average Bonchev–Trinajstić information content (AvgIpc) is 3.34. The van der Waals surface area contributed by atoms with Crippen molar-refractivity contribution in [2.45, 2.75) is 25.3 Å². The Labute approximate surface area is 179 Å². The van der Waals surface area contributed by atoms with Crippen LogP contribution in [0.3, 0.4) is 0 Å². The molecule has 1 atom stereocenters. The van der Waals surface area contributed by atoms with E-state index in [2.05, 4.69) is 25.8 Å². The third-order valence-corrected chi connectivity index (χ3v) is 5.44. The third-order valence-electron chi connectivity index (χ3n) is 4.84. The Morgan fingerprint density at radius 3 is 2.55 bits per heavy atom. The van der Waals surface area contributed by atoms with Crippen molar-refractivity contribution in [1.29, 1.82) is 0 Å². The van der Waals surface area contributed by atoms with E-state index in [1.807, 2.05) is 24.3 Å². The van der Waals surface area contributed by atoms with Crippen LogP contribution < -0.4 is 21.1 Å². The molecule has 152 valence electrons. The number of nitrogens with one attached hydrogen (secondary N) is 3. The minimum atomic E-state index is 0.225. The van der Waals surface area contributed by atoms with Crippen LogP contribution in [0.2, 0.25) is 10.0 Å². The fraction of sp³-hybridized carbons (Fsp3) is 0.300. The van der Waals surface area contributed by atoms with Crippen LogP contribution in [-0.4, -0.2) is 34.4 Å². The Balaban J connectivity index is 1.43. The van der Waals surface area contributed by atoms with Gasteiger partial charge in [0.05, 0.1) is 16.7 Å². The van der Waals surface area contributed by atoms with Gasteiger partial charge in [-0.15, -0.1) is 5.10 Å². The lowest BCUT2D eigenvalue weighted by atomic mass is 10.0. The van der Waals surface area contributed by atoms with E-state index in [0.717, 1.165) is 29.8 Å². The van der Waals surface area contributed by atoms with E-state index in [9.17, 15) is 0 Å². The van der Waals surface area contributed by atoms with Gasteiger partial charge in [0, 0.05) is 17.3 Å². The van der Waals surface area contributed by atoms with Crippen LogP contribution in [0.25, 0.3) is 11.1 Å². The van der Waals surface area contributed by atoms with Gasteiger partial charge in [0.2, 0.25) is 11.9 Å². The topological polar surface area (TPSA) is 101 Å². The standard InChI is InChI=1S/C20H22Cl2N6O/c21-16-10-14(25-20-26-19(23)27-28-20)11-17(22)18(16)12-3-5-15(6-4-12)29-9-7-13-2-1-8-24-13/h3-6,10-11,13,24H,1-2,7-9H2,(H4,23,25,26,27,28). The second-order valence-corrected chi connectivity index (χ2v) is 7.75. The van der Waals surface area contributed by atoms with Crippen LogP contribution in [0.1, 0.15) is 19.3 Å². The molecule has 0 radical (unpaired) electrons. The highest BCUT2D eigenvalue weighted by molar-refractivity contribution is 6.39. The first-order valence-corrected chi connectivity index (χ1v) is 10.2. The molecule has 1 fully saturated rings. The summed E-state index contributed by atoms with van der Waals surface area (Å²) in [5.74, 6) is 1.40. The van der Waals surface area contributed by atoms with E-state index < -0.39 is 0 Å². The molecule has 1 unspecified atom stereocenters. The summed E-state index contributed by atoms with van der Waals surface area (Å²) in [4.78, 5) is 4.00. The number of halogens is 2. The molecule has 2 heterocycles. The number of nitrogen functional groups attached to an aromatic ring is 1. The van der Waals surface area contributed by atoms with E-state index in [0.29, 0.717) is 34.3 Å². The normalized spacial score (nSPS) is 16.1. The van der Waals surface area contributed by atoms with Crippen molar-refractivity contribution in [1.82, 2.24) is 20.5 Å². The van der Waals surface area contributed by atoms with E-state index in [4.69, 9.17) is 33.7 Å². The van der Waals surface area contributed by atoms with Crippen molar-refractivity contribution in [2.75, 3.05) is 24.2 Å². The van der Waals surface area contributed by atoms with Crippen molar-refractivity contribution >= 4 is 40.8 Å². The van der Waals surface area contributed by atoms with Gasteiger partial charge in [-0.25, -0.2) is 5.10 Å². The van der Waals surface area contributed by atoms with Gasteiger partial charge in [0.15, 0.2) is 0 Å². The quantitative estimate of drug-likeness (QED) is 0.434. The molecule has 5 N–H and O–H groups in total. The molecular formula is C20H22Cl2N6O. The zero-order chi connectivity index (χ0) is 20.2. The zero-order valence-corrected chi connectivity index (χ0v) is 17.2. The van der Waals surface area contributed by atoms with Crippen LogP contribution in [0.5, 0.6) is 5.75 Å². The Kier molecular flexibility index (Phi) is 6.08. The highest BCUT2D eigenvalue weighted by Gasteiger charge is 2.14. The number of hydrogen-bond acceptors (Lipinski definition) is 6. The van der Waals surface area contributed by atoms with E-state index in [-0.39, 0.29) is 5.95 Å². The zero-order valence-electron chi connectivity index (χ0n) is 15.7. The van der Waals surface area contributed by atoms with Crippen LogP contribution in [-0.2, 0) is 0 Å². The van der Waals surface area contributed by atoms with Gasteiger partial charge in [-0.3, -0.25) is 0 Å². The molecular weight excluding hydrogens is 411 g/mol. The SMILES string of the molecule is Nc1nc(Nc2cc(Cl)c(-c3ccc(OCCC4CCCN4)cc3)c(Cl)c2)n[nH]1. The number of nitrogens with two attached hydrogens (primary N) is 1. The molecule has 1 aliphatic rings. The van der Waals surface area contributed by atoms with Crippen molar-refractivity contribution in [3.8, 4) is 16.9 Å². The van der Waals surface area contributed by atoms with E-state index in [1.165, 1.54) is 12.8 Å². The molecule has 1 aromatic heterocycles. The molecule has 0 spiro atoms. The lowest BCUT2D eigenvalue weighted by Crippen LogP contribution is -2.23. The number of benzene rings is 2. The van der Waals surface area contributed by atoms with E-state index in [1.54, 1.807) is 12.1 Å². The lowest BCUT2D eigenvalue weighted by molar-refractivity contribution is 0.292. The number of ether oxygens (including phenoxy) is 1. The summed E-state index contributed by atoms with van der Waals surface area (Å²) in [5, 5.41) is 14.0. The minimum absolute atomic E-state index is 0.225. The number of hydrogen-bond donors (Lipinski definition) is 4. The molecule has 4 rings (SSSR count). The molecule has 0 bridgehead atoms. The van der Waals surface area contributed by atoms with Crippen molar-refractivity contribution in [3.63, 3.8) is 0 Å². The van der Waals surface area contributed by atoms with Gasteiger partial charge < -0.3 is 21.1 Å². The maximum absolute atomic E-state index is 6.50. The van der Waals surface area contributed by atoms with Crippen LogP contribution in [0.15, 0.2) is 36.4 Å². The number of aromatic amines is 1. The average molecular weight is 433 g/mol. The van der Waals surface area contributed by atoms with Crippen LogP contribution >= 0.6 is 23.2 Å². The highest BCUT2D eigenvalue weighted by Crippen LogP contribution is 2.38. The first kappa shape index (κ1) is 19.8. The van der Waals surface area contributed by atoms with Gasteiger partial charge in [-0.1, -0.05) is 35.3 Å². The molecule has 0 aliphatic carbocycles. The fourth-order valence-electron chi connectivity index (χ4n) is 3.42. The Bertz CT molecular complexity index is 946. The summed E-state index contributed by atoms with van der Waals surface area (Å²) in [6.07, 6.45) is 3.50. The Morgan fingerprint density at radius 1 is 1.17 bits per heavy atom. The first-order valence-electron chi connectivity index (χ1n) is 9.49. The molecule has 0 saturated carbocycles.